The second kappa shape index (κ2) is 2.45. The van der Waals surface area contributed by atoms with Crippen LogP contribution in [0.25, 0.3) is 0 Å². The van der Waals surface area contributed by atoms with E-state index >= 15 is 0 Å². The van der Waals surface area contributed by atoms with Crippen LogP contribution in [0.1, 0.15) is 33.1 Å². The van der Waals surface area contributed by atoms with E-state index < -0.39 is 0 Å². The average molecular weight is 164 g/mol. The summed E-state index contributed by atoms with van der Waals surface area (Å²) in [4.78, 5) is 10.4. The molecule has 1 nitrogen and oxygen atoms in total. The molecule has 2 bridgehead atoms. The summed E-state index contributed by atoms with van der Waals surface area (Å²) in [5.74, 6) is 1.57. The van der Waals surface area contributed by atoms with Gasteiger partial charge >= 0.3 is 0 Å². The first-order valence-electron chi connectivity index (χ1n) is 4.82. The zero-order chi connectivity index (χ0) is 8.77. The van der Waals surface area contributed by atoms with Crippen molar-refractivity contribution in [3.8, 4) is 0 Å². The first-order chi connectivity index (χ1) is 5.66. The van der Waals surface area contributed by atoms with Gasteiger partial charge in [0.15, 0.2) is 0 Å². The first kappa shape index (κ1) is 8.03. The molecule has 2 fully saturated rings. The number of carbonyl (C=O) groups excluding carboxylic acids is 1. The fraction of sp³-hybridized carbons (Fsp3) is 0.727. The highest BCUT2D eigenvalue weighted by molar-refractivity contribution is 5.67. The standard InChI is InChI=1S/C11H16O/c1-11(2)9-4-3-8(7-9)10(11)5-6-12/h5-6,8-9H,3-4,7H2,1-2H3/b10-5+/t8-,9+/m0/s1. The van der Waals surface area contributed by atoms with Crippen molar-refractivity contribution < 1.29 is 4.79 Å². The first-order valence-corrected chi connectivity index (χ1v) is 4.82. The molecule has 2 atom stereocenters. The zero-order valence-electron chi connectivity index (χ0n) is 7.84. The highest BCUT2D eigenvalue weighted by Crippen LogP contribution is 2.58. The van der Waals surface area contributed by atoms with Gasteiger partial charge in [0.2, 0.25) is 0 Å². The van der Waals surface area contributed by atoms with Crippen molar-refractivity contribution in [1.29, 1.82) is 0 Å². The Kier molecular flexibility index (Phi) is 1.64. The molecule has 2 rings (SSSR count). The van der Waals surface area contributed by atoms with Crippen molar-refractivity contribution in [2.45, 2.75) is 33.1 Å². The van der Waals surface area contributed by atoms with Gasteiger partial charge in [0.05, 0.1) is 0 Å². The molecule has 2 aliphatic rings. The number of aldehydes is 1. The minimum Gasteiger partial charge on any atom is -0.299 e. The van der Waals surface area contributed by atoms with Gasteiger partial charge in [-0.1, -0.05) is 19.4 Å². The van der Waals surface area contributed by atoms with Crippen LogP contribution in [0.4, 0.5) is 0 Å². The molecule has 0 saturated heterocycles. The van der Waals surface area contributed by atoms with E-state index in [-0.39, 0.29) is 0 Å². The largest absolute Gasteiger partial charge is 0.299 e. The van der Waals surface area contributed by atoms with Crippen LogP contribution in [-0.2, 0) is 4.79 Å². The molecular formula is C11H16O. The van der Waals surface area contributed by atoms with Crippen LogP contribution in [0.5, 0.6) is 0 Å². The summed E-state index contributed by atoms with van der Waals surface area (Å²) < 4.78 is 0. The quantitative estimate of drug-likeness (QED) is 0.430. The summed E-state index contributed by atoms with van der Waals surface area (Å²) in [6.45, 7) is 4.57. The fourth-order valence-corrected chi connectivity index (χ4v) is 3.11. The Labute approximate surface area is 73.8 Å². The summed E-state index contributed by atoms with van der Waals surface area (Å²) in [7, 11) is 0. The smallest absolute Gasteiger partial charge is 0.142 e. The Morgan fingerprint density at radius 2 is 2.17 bits per heavy atom. The Morgan fingerprint density at radius 1 is 1.42 bits per heavy atom. The van der Waals surface area contributed by atoms with Gasteiger partial charge in [-0.05, 0) is 42.6 Å². The number of hydrogen-bond donors (Lipinski definition) is 0. The summed E-state index contributed by atoms with van der Waals surface area (Å²) in [5, 5.41) is 0. The molecule has 0 aliphatic heterocycles. The normalized spacial score (nSPS) is 40.7. The van der Waals surface area contributed by atoms with Crippen LogP contribution in [0.2, 0.25) is 0 Å². The van der Waals surface area contributed by atoms with E-state index in [9.17, 15) is 4.79 Å². The molecule has 0 aromatic heterocycles. The van der Waals surface area contributed by atoms with Gasteiger partial charge in [0.1, 0.15) is 6.29 Å². The fourth-order valence-electron chi connectivity index (χ4n) is 3.11. The molecule has 0 radical (unpaired) electrons. The Morgan fingerprint density at radius 3 is 2.67 bits per heavy atom. The number of carbonyl (C=O) groups is 1. The predicted octanol–water partition coefficient (Wildman–Crippen LogP) is 2.57. The van der Waals surface area contributed by atoms with Crippen molar-refractivity contribution in [2.75, 3.05) is 0 Å². The summed E-state index contributed by atoms with van der Waals surface area (Å²) in [6.07, 6.45) is 6.77. The molecule has 0 aromatic rings. The van der Waals surface area contributed by atoms with Gasteiger partial charge in [0, 0.05) is 0 Å². The van der Waals surface area contributed by atoms with E-state index in [1.807, 2.05) is 6.08 Å². The Balaban J connectivity index is 2.35. The van der Waals surface area contributed by atoms with Crippen LogP contribution in [0.15, 0.2) is 11.6 Å². The molecule has 0 N–H and O–H groups in total. The molecule has 2 aliphatic carbocycles. The maximum atomic E-state index is 10.4. The van der Waals surface area contributed by atoms with Crippen LogP contribution < -0.4 is 0 Å². The number of rotatable bonds is 1. The lowest BCUT2D eigenvalue weighted by Crippen LogP contribution is -2.22. The van der Waals surface area contributed by atoms with Gasteiger partial charge in [0.25, 0.3) is 0 Å². The zero-order valence-corrected chi connectivity index (χ0v) is 7.84. The van der Waals surface area contributed by atoms with E-state index in [2.05, 4.69) is 13.8 Å². The number of allylic oxidation sites excluding steroid dienone is 2. The molecule has 0 amide bonds. The van der Waals surface area contributed by atoms with Crippen molar-refractivity contribution in [3.63, 3.8) is 0 Å². The van der Waals surface area contributed by atoms with Crippen molar-refractivity contribution in [1.82, 2.24) is 0 Å². The lowest BCUT2D eigenvalue weighted by molar-refractivity contribution is -0.104. The minimum absolute atomic E-state index is 0.309. The topological polar surface area (TPSA) is 17.1 Å². The highest BCUT2D eigenvalue weighted by atomic mass is 16.1. The van der Waals surface area contributed by atoms with Crippen LogP contribution in [0, 0.1) is 17.3 Å². The molecule has 0 spiro atoms. The summed E-state index contributed by atoms with van der Waals surface area (Å²) in [5.41, 5.74) is 1.72. The van der Waals surface area contributed by atoms with Crippen molar-refractivity contribution in [2.24, 2.45) is 17.3 Å². The molecule has 2 saturated carbocycles. The molecule has 1 heteroatoms. The lowest BCUT2D eigenvalue weighted by atomic mass is 9.73. The highest BCUT2D eigenvalue weighted by Gasteiger charge is 2.48. The van der Waals surface area contributed by atoms with E-state index in [0.29, 0.717) is 5.41 Å². The number of hydrogen-bond acceptors (Lipinski definition) is 1. The molecular weight excluding hydrogens is 148 g/mol. The van der Waals surface area contributed by atoms with Gasteiger partial charge in [-0.25, -0.2) is 0 Å². The molecule has 0 unspecified atom stereocenters. The van der Waals surface area contributed by atoms with Crippen molar-refractivity contribution in [3.05, 3.63) is 11.6 Å². The molecule has 0 heterocycles. The molecule has 66 valence electrons. The summed E-state index contributed by atoms with van der Waals surface area (Å²) in [6, 6.07) is 0. The Bertz CT molecular complexity index is 237. The monoisotopic (exact) mass is 164 g/mol. The van der Waals surface area contributed by atoms with Crippen LogP contribution in [-0.4, -0.2) is 6.29 Å². The van der Waals surface area contributed by atoms with E-state index in [4.69, 9.17) is 0 Å². The van der Waals surface area contributed by atoms with Crippen LogP contribution >= 0.6 is 0 Å². The number of fused-ring (bicyclic) bond motifs is 2. The van der Waals surface area contributed by atoms with Crippen LogP contribution in [0.3, 0.4) is 0 Å². The SMILES string of the molecule is CC1(C)/C(=C/C=O)[C@H]2CC[C@@H]1C2. The van der Waals surface area contributed by atoms with E-state index in [1.165, 1.54) is 24.8 Å². The molecule has 0 aromatic carbocycles. The third kappa shape index (κ3) is 0.886. The minimum atomic E-state index is 0.309. The predicted molar refractivity (Wildman–Crippen MR) is 48.8 cm³/mol. The van der Waals surface area contributed by atoms with Gasteiger partial charge in [-0.3, -0.25) is 4.79 Å². The van der Waals surface area contributed by atoms with Gasteiger partial charge in [-0.15, -0.1) is 0 Å². The van der Waals surface area contributed by atoms with Crippen molar-refractivity contribution >= 4 is 6.29 Å². The lowest BCUT2D eigenvalue weighted by Gasteiger charge is -2.32. The maximum absolute atomic E-state index is 10.4. The second-order valence-electron chi connectivity index (χ2n) is 4.69. The van der Waals surface area contributed by atoms with E-state index in [1.54, 1.807) is 0 Å². The molecule has 12 heavy (non-hydrogen) atoms. The van der Waals surface area contributed by atoms with E-state index in [0.717, 1.165) is 18.1 Å². The second-order valence-corrected chi connectivity index (χ2v) is 4.69. The van der Waals surface area contributed by atoms with Gasteiger partial charge < -0.3 is 0 Å². The third-order valence-electron chi connectivity index (χ3n) is 3.88. The Hall–Kier alpha value is -0.590. The maximum Gasteiger partial charge on any atom is 0.142 e. The third-order valence-corrected chi connectivity index (χ3v) is 3.88. The van der Waals surface area contributed by atoms with Gasteiger partial charge in [-0.2, -0.15) is 0 Å². The average Bonchev–Trinajstić information content (AvgIpc) is 2.53. The summed E-state index contributed by atoms with van der Waals surface area (Å²) >= 11 is 0.